The minimum atomic E-state index is -0.790. The fourth-order valence-corrected chi connectivity index (χ4v) is 8.88. The van der Waals surface area contributed by atoms with E-state index in [1.165, 1.54) is 186 Å². The molecule has 0 fully saturated rings. The molecule has 0 bridgehead atoms. The van der Waals surface area contributed by atoms with Crippen LogP contribution < -0.4 is 0 Å². The molecule has 0 aromatic rings. The predicted octanol–water partition coefficient (Wildman–Crippen LogP) is 20.9. The van der Waals surface area contributed by atoms with E-state index in [2.05, 4.69) is 69.4 Å². The predicted molar refractivity (Wildman–Crippen MR) is 311 cm³/mol. The second-order valence-electron chi connectivity index (χ2n) is 20.7. The van der Waals surface area contributed by atoms with Crippen molar-refractivity contribution in [1.29, 1.82) is 0 Å². The van der Waals surface area contributed by atoms with Gasteiger partial charge in [-0.25, -0.2) is 0 Å². The third-order valence-corrected chi connectivity index (χ3v) is 13.5. The average molecular weight is 1010 g/mol. The highest BCUT2D eigenvalue weighted by Crippen LogP contribution is 2.17. The second-order valence-corrected chi connectivity index (χ2v) is 20.7. The zero-order valence-corrected chi connectivity index (χ0v) is 47.7. The molecule has 0 aromatic carbocycles. The van der Waals surface area contributed by atoms with Gasteiger partial charge in [-0.3, -0.25) is 14.4 Å². The molecule has 0 aliphatic carbocycles. The van der Waals surface area contributed by atoms with Gasteiger partial charge in [0.2, 0.25) is 0 Å². The van der Waals surface area contributed by atoms with Crippen LogP contribution in [-0.2, 0) is 28.6 Å². The number of allylic oxidation sites excluding steroid dienone is 12. The molecule has 0 rings (SSSR count). The van der Waals surface area contributed by atoms with Crippen LogP contribution >= 0.6 is 0 Å². The number of ether oxygens (including phenoxy) is 3. The summed E-state index contributed by atoms with van der Waals surface area (Å²) in [7, 11) is 0. The Bertz CT molecular complexity index is 1340. The monoisotopic (exact) mass is 1000 g/mol. The van der Waals surface area contributed by atoms with Crippen LogP contribution in [0.25, 0.3) is 0 Å². The van der Waals surface area contributed by atoms with Crippen LogP contribution in [0.3, 0.4) is 0 Å². The quantitative estimate of drug-likeness (QED) is 0.0199. The molecule has 0 N–H and O–H groups in total. The van der Waals surface area contributed by atoms with Gasteiger partial charge in [-0.2, -0.15) is 0 Å². The molecule has 1 atom stereocenters. The Morgan fingerprint density at radius 2 is 0.542 bits per heavy atom. The van der Waals surface area contributed by atoms with Gasteiger partial charge in [0.15, 0.2) is 6.10 Å². The van der Waals surface area contributed by atoms with Gasteiger partial charge in [0, 0.05) is 19.3 Å². The number of rotatable bonds is 56. The molecule has 0 aliphatic heterocycles. The van der Waals surface area contributed by atoms with Crippen molar-refractivity contribution in [3.05, 3.63) is 72.9 Å². The Hall–Kier alpha value is -3.15. The Labute approximate surface area is 446 Å². The van der Waals surface area contributed by atoms with E-state index in [9.17, 15) is 14.4 Å². The first kappa shape index (κ1) is 68.8. The van der Waals surface area contributed by atoms with Crippen LogP contribution in [0.2, 0.25) is 0 Å². The minimum Gasteiger partial charge on any atom is -0.462 e. The van der Waals surface area contributed by atoms with Crippen LogP contribution in [-0.4, -0.2) is 37.2 Å². The van der Waals surface area contributed by atoms with E-state index in [4.69, 9.17) is 14.2 Å². The summed E-state index contributed by atoms with van der Waals surface area (Å²) in [5.74, 6) is -0.899. The molecule has 0 aliphatic rings. The standard InChI is InChI=1S/C66H116O6/c1-4-7-10-13-16-19-22-25-28-31-33-36-38-41-44-47-50-53-56-59-65(68)71-62-63(61-70-64(67)58-55-52-49-46-43-40-37-34-30-27-24-21-18-15-12-9-6-3)72-66(69)60-57-54-51-48-45-42-39-35-32-29-26-23-20-17-14-11-8-5-2/h11,14,17,20,23,26,29,31-33,35,39,63H,4-10,12-13,15-16,18-19,21-22,24-25,27-28,30,34,36-38,40-62H2,1-3H3/b14-11-,20-17-,26-23-,32-29-,33-31-,39-35-. The SMILES string of the molecule is CCC\C=C/C=C\C=C/C=C\C=C/CCCCCCCC(=O)OC(COC(=O)CCCCCCCCC/C=C\CCCCCCCCCC)COC(=O)CCCCCCCCCCCCCCCCCCC. The van der Waals surface area contributed by atoms with Crippen molar-refractivity contribution in [3.63, 3.8) is 0 Å². The highest BCUT2D eigenvalue weighted by molar-refractivity contribution is 5.71. The van der Waals surface area contributed by atoms with Gasteiger partial charge < -0.3 is 14.2 Å². The van der Waals surface area contributed by atoms with E-state index in [0.717, 1.165) is 83.5 Å². The summed E-state index contributed by atoms with van der Waals surface area (Å²) in [6, 6.07) is 0. The Kier molecular flexibility index (Phi) is 57.8. The molecule has 1 unspecified atom stereocenters. The third kappa shape index (κ3) is 57.7. The van der Waals surface area contributed by atoms with E-state index in [1.54, 1.807) is 0 Å². The van der Waals surface area contributed by atoms with Crippen molar-refractivity contribution in [2.24, 2.45) is 0 Å². The van der Waals surface area contributed by atoms with Crippen molar-refractivity contribution in [1.82, 2.24) is 0 Å². The first-order valence-electron chi connectivity index (χ1n) is 31.0. The van der Waals surface area contributed by atoms with Crippen LogP contribution in [0.4, 0.5) is 0 Å². The van der Waals surface area contributed by atoms with E-state index < -0.39 is 6.10 Å². The lowest BCUT2D eigenvalue weighted by atomic mass is 10.0. The fourth-order valence-electron chi connectivity index (χ4n) is 8.88. The number of esters is 3. The number of hydrogen-bond acceptors (Lipinski definition) is 6. The van der Waals surface area contributed by atoms with E-state index in [1.807, 2.05) is 24.3 Å². The highest BCUT2D eigenvalue weighted by Gasteiger charge is 2.19. The topological polar surface area (TPSA) is 78.9 Å². The van der Waals surface area contributed by atoms with Gasteiger partial charge in [-0.05, 0) is 64.2 Å². The molecule has 416 valence electrons. The lowest BCUT2D eigenvalue weighted by Gasteiger charge is -2.18. The molecule has 0 aromatic heterocycles. The molecule has 6 heteroatoms. The number of carbonyl (C=O) groups excluding carboxylic acids is 3. The van der Waals surface area contributed by atoms with Gasteiger partial charge in [-0.1, -0.05) is 299 Å². The van der Waals surface area contributed by atoms with Crippen molar-refractivity contribution in [2.75, 3.05) is 13.2 Å². The maximum absolute atomic E-state index is 12.9. The third-order valence-electron chi connectivity index (χ3n) is 13.5. The van der Waals surface area contributed by atoms with Crippen molar-refractivity contribution >= 4 is 17.9 Å². The zero-order valence-electron chi connectivity index (χ0n) is 47.7. The Balaban J connectivity index is 4.41. The lowest BCUT2D eigenvalue weighted by molar-refractivity contribution is -0.167. The fraction of sp³-hybridized carbons (Fsp3) is 0.773. The summed E-state index contributed by atoms with van der Waals surface area (Å²) in [4.78, 5) is 38.3. The molecular weight excluding hydrogens is 889 g/mol. The normalized spacial score (nSPS) is 12.5. The van der Waals surface area contributed by atoms with Gasteiger partial charge in [-0.15, -0.1) is 0 Å². The zero-order chi connectivity index (χ0) is 52.2. The first-order chi connectivity index (χ1) is 35.5. The number of hydrogen-bond donors (Lipinski definition) is 0. The molecule has 6 nitrogen and oxygen atoms in total. The highest BCUT2D eigenvalue weighted by atomic mass is 16.6. The van der Waals surface area contributed by atoms with Gasteiger partial charge >= 0.3 is 17.9 Å². The molecule has 0 saturated carbocycles. The van der Waals surface area contributed by atoms with E-state index in [0.29, 0.717) is 19.3 Å². The van der Waals surface area contributed by atoms with Crippen LogP contribution in [0.5, 0.6) is 0 Å². The molecule has 0 radical (unpaired) electrons. The molecule has 72 heavy (non-hydrogen) atoms. The van der Waals surface area contributed by atoms with E-state index >= 15 is 0 Å². The Morgan fingerprint density at radius 1 is 0.278 bits per heavy atom. The number of unbranched alkanes of at least 4 members (excludes halogenated alkanes) is 37. The Morgan fingerprint density at radius 3 is 0.875 bits per heavy atom. The summed E-state index contributed by atoms with van der Waals surface area (Å²) >= 11 is 0. The number of carbonyl (C=O) groups is 3. The average Bonchev–Trinajstić information content (AvgIpc) is 3.38. The molecular formula is C66H116O6. The van der Waals surface area contributed by atoms with Crippen LogP contribution in [0.1, 0.15) is 310 Å². The maximum Gasteiger partial charge on any atom is 0.306 e. The summed E-state index contributed by atoms with van der Waals surface area (Å²) < 4.78 is 16.9. The van der Waals surface area contributed by atoms with Gasteiger partial charge in [0.1, 0.15) is 13.2 Å². The largest absolute Gasteiger partial charge is 0.462 e. The second kappa shape index (κ2) is 60.4. The van der Waals surface area contributed by atoms with Crippen molar-refractivity contribution in [3.8, 4) is 0 Å². The summed E-state index contributed by atoms with van der Waals surface area (Å²) in [5.41, 5.74) is 0. The summed E-state index contributed by atoms with van der Waals surface area (Å²) in [5, 5.41) is 0. The van der Waals surface area contributed by atoms with Gasteiger partial charge in [0.05, 0.1) is 0 Å². The minimum absolute atomic E-state index is 0.0847. The summed E-state index contributed by atoms with van der Waals surface area (Å²) in [6.07, 6.45) is 77.5. The smallest absolute Gasteiger partial charge is 0.306 e. The van der Waals surface area contributed by atoms with E-state index in [-0.39, 0.29) is 31.1 Å². The van der Waals surface area contributed by atoms with Crippen LogP contribution in [0, 0.1) is 0 Å². The van der Waals surface area contributed by atoms with Crippen molar-refractivity contribution in [2.45, 2.75) is 316 Å². The lowest BCUT2D eigenvalue weighted by Crippen LogP contribution is -2.30. The molecule has 0 saturated heterocycles. The first-order valence-corrected chi connectivity index (χ1v) is 31.0. The summed E-state index contributed by atoms with van der Waals surface area (Å²) in [6.45, 7) is 6.57. The molecule has 0 spiro atoms. The van der Waals surface area contributed by atoms with Crippen molar-refractivity contribution < 1.29 is 28.6 Å². The molecule has 0 heterocycles. The van der Waals surface area contributed by atoms with Crippen LogP contribution in [0.15, 0.2) is 72.9 Å². The molecule has 0 amide bonds. The maximum atomic E-state index is 12.9. The van der Waals surface area contributed by atoms with Gasteiger partial charge in [0.25, 0.3) is 0 Å².